The number of hydrazine groups is 1. The molecule has 0 bridgehead atoms. The van der Waals surface area contributed by atoms with E-state index in [0.717, 1.165) is 18.5 Å². The SMILES string of the molecule is Cc1cc(C2NNC3CCC(N)CC32)ccn1. The van der Waals surface area contributed by atoms with Crippen molar-refractivity contribution < 1.29 is 0 Å². The lowest BCUT2D eigenvalue weighted by molar-refractivity contribution is 0.279. The minimum atomic E-state index is 0.364. The molecule has 1 aromatic rings. The predicted molar refractivity (Wildman–Crippen MR) is 67.1 cm³/mol. The Labute approximate surface area is 102 Å². The van der Waals surface area contributed by atoms with Gasteiger partial charge in [0.05, 0.1) is 6.04 Å². The lowest BCUT2D eigenvalue weighted by Crippen LogP contribution is -2.39. The second kappa shape index (κ2) is 4.37. The van der Waals surface area contributed by atoms with Crippen LogP contribution in [-0.2, 0) is 0 Å². The van der Waals surface area contributed by atoms with Gasteiger partial charge in [-0.3, -0.25) is 10.4 Å². The molecular formula is C13H20N4. The molecule has 4 heteroatoms. The summed E-state index contributed by atoms with van der Waals surface area (Å²) < 4.78 is 0. The molecule has 92 valence electrons. The summed E-state index contributed by atoms with van der Waals surface area (Å²) >= 11 is 0. The number of pyridine rings is 1. The minimum Gasteiger partial charge on any atom is -0.328 e. The third-order valence-electron chi connectivity index (χ3n) is 4.07. The van der Waals surface area contributed by atoms with Gasteiger partial charge in [0.15, 0.2) is 0 Å². The van der Waals surface area contributed by atoms with Gasteiger partial charge in [-0.05, 0) is 49.8 Å². The summed E-state index contributed by atoms with van der Waals surface area (Å²) in [5.74, 6) is 0.612. The Hall–Kier alpha value is -0.970. The molecule has 2 heterocycles. The lowest BCUT2D eigenvalue weighted by atomic mass is 9.77. The first kappa shape index (κ1) is 11.1. The fourth-order valence-corrected chi connectivity index (χ4v) is 3.18. The van der Waals surface area contributed by atoms with Gasteiger partial charge in [-0.25, -0.2) is 5.43 Å². The van der Waals surface area contributed by atoms with E-state index < -0.39 is 0 Å². The van der Waals surface area contributed by atoms with Crippen LogP contribution in [-0.4, -0.2) is 17.1 Å². The lowest BCUT2D eigenvalue weighted by Gasteiger charge is -2.31. The van der Waals surface area contributed by atoms with E-state index >= 15 is 0 Å². The van der Waals surface area contributed by atoms with Gasteiger partial charge in [0.1, 0.15) is 0 Å². The van der Waals surface area contributed by atoms with Gasteiger partial charge in [-0.1, -0.05) is 0 Å². The van der Waals surface area contributed by atoms with E-state index in [0.29, 0.717) is 24.0 Å². The highest BCUT2D eigenvalue weighted by atomic mass is 15.4. The van der Waals surface area contributed by atoms with E-state index in [4.69, 9.17) is 5.73 Å². The Bertz CT molecular complexity index is 406. The Balaban J connectivity index is 1.84. The van der Waals surface area contributed by atoms with Crippen LogP contribution in [0.4, 0.5) is 0 Å². The Morgan fingerprint density at radius 3 is 3.06 bits per heavy atom. The number of nitrogens with one attached hydrogen (secondary N) is 2. The second-order valence-electron chi connectivity index (χ2n) is 5.34. The van der Waals surface area contributed by atoms with Crippen molar-refractivity contribution in [2.24, 2.45) is 11.7 Å². The van der Waals surface area contributed by atoms with Crippen molar-refractivity contribution in [1.29, 1.82) is 0 Å². The normalized spacial score (nSPS) is 36.8. The van der Waals surface area contributed by atoms with Gasteiger partial charge in [-0.2, -0.15) is 0 Å². The molecule has 1 aliphatic heterocycles. The van der Waals surface area contributed by atoms with Crippen LogP contribution in [0.15, 0.2) is 18.3 Å². The largest absolute Gasteiger partial charge is 0.328 e. The molecule has 1 saturated carbocycles. The van der Waals surface area contributed by atoms with Crippen LogP contribution in [0, 0.1) is 12.8 Å². The zero-order chi connectivity index (χ0) is 11.8. The van der Waals surface area contributed by atoms with Gasteiger partial charge in [0.25, 0.3) is 0 Å². The van der Waals surface area contributed by atoms with Crippen molar-refractivity contribution in [2.45, 2.75) is 44.3 Å². The molecule has 4 unspecified atom stereocenters. The van der Waals surface area contributed by atoms with E-state index in [9.17, 15) is 0 Å². The number of nitrogens with two attached hydrogens (primary N) is 1. The number of nitrogens with zero attached hydrogens (tertiary/aromatic N) is 1. The van der Waals surface area contributed by atoms with Crippen molar-refractivity contribution in [3.8, 4) is 0 Å². The van der Waals surface area contributed by atoms with Gasteiger partial charge in [0, 0.05) is 24.0 Å². The van der Waals surface area contributed by atoms with Crippen LogP contribution in [0.2, 0.25) is 0 Å². The fourth-order valence-electron chi connectivity index (χ4n) is 3.18. The Morgan fingerprint density at radius 1 is 1.35 bits per heavy atom. The Morgan fingerprint density at radius 2 is 2.24 bits per heavy atom. The molecule has 17 heavy (non-hydrogen) atoms. The molecule has 4 nitrogen and oxygen atoms in total. The average molecular weight is 232 g/mol. The van der Waals surface area contributed by atoms with Crippen LogP contribution < -0.4 is 16.6 Å². The summed E-state index contributed by atoms with van der Waals surface area (Å²) in [5, 5.41) is 0. The monoisotopic (exact) mass is 232 g/mol. The molecule has 0 radical (unpaired) electrons. The first-order chi connectivity index (χ1) is 8.24. The standard InChI is InChI=1S/C13H20N4/c1-8-6-9(4-5-15-8)13-11-7-10(14)2-3-12(11)16-17-13/h4-6,10-13,16-17H,2-3,7,14H2,1H3. The maximum Gasteiger partial charge on any atom is 0.0507 e. The third-order valence-corrected chi connectivity index (χ3v) is 4.07. The average Bonchev–Trinajstić information content (AvgIpc) is 2.71. The molecular weight excluding hydrogens is 212 g/mol. The fraction of sp³-hybridized carbons (Fsp3) is 0.615. The maximum atomic E-state index is 6.09. The zero-order valence-electron chi connectivity index (χ0n) is 10.2. The van der Waals surface area contributed by atoms with Crippen molar-refractivity contribution in [3.05, 3.63) is 29.6 Å². The van der Waals surface area contributed by atoms with Crippen molar-refractivity contribution >= 4 is 0 Å². The molecule has 3 rings (SSSR count). The summed E-state index contributed by atoms with van der Waals surface area (Å²) in [6.45, 7) is 2.04. The molecule has 2 fully saturated rings. The van der Waals surface area contributed by atoms with Crippen molar-refractivity contribution in [3.63, 3.8) is 0 Å². The highest BCUT2D eigenvalue weighted by Crippen LogP contribution is 2.37. The summed E-state index contributed by atoms with van der Waals surface area (Å²) in [4.78, 5) is 4.26. The molecule has 2 aliphatic rings. The summed E-state index contributed by atoms with van der Waals surface area (Å²) in [5.41, 5.74) is 15.3. The van der Waals surface area contributed by atoms with Crippen LogP contribution >= 0.6 is 0 Å². The molecule has 0 amide bonds. The molecule has 0 aromatic carbocycles. The highest BCUT2D eigenvalue weighted by Gasteiger charge is 2.40. The van der Waals surface area contributed by atoms with E-state index in [1.54, 1.807) is 0 Å². The van der Waals surface area contributed by atoms with Gasteiger partial charge < -0.3 is 5.73 Å². The highest BCUT2D eigenvalue weighted by molar-refractivity contribution is 5.22. The van der Waals surface area contributed by atoms with Crippen molar-refractivity contribution in [2.75, 3.05) is 0 Å². The second-order valence-corrected chi connectivity index (χ2v) is 5.34. The topological polar surface area (TPSA) is 63.0 Å². The summed E-state index contributed by atoms with van der Waals surface area (Å²) in [7, 11) is 0. The first-order valence-corrected chi connectivity index (χ1v) is 6.43. The summed E-state index contributed by atoms with van der Waals surface area (Å²) in [6, 6.07) is 5.60. The van der Waals surface area contributed by atoms with Crippen LogP contribution in [0.5, 0.6) is 0 Å². The van der Waals surface area contributed by atoms with E-state index in [-0.39, 0.29) is 0 Å². The number of aromatic nitrogens is 1. The predicted octanol–water partition coefficient (Wildman–Crippen LogP) is 1.03. The summed E-state index contributed by atoms with van der Waals surface area (Å²) in [6.07, 6.45) is 5.32. The number of rotatable bonds is 1. The van der Waals surface area contributed by atoms with Gasteiger partial charge in [0.2, 0.25) is 0 Å². The van der Waals surface area contributed by atoms with Crippen LogP contribution in [0.1, 0.15) is 36.6 Å². The zero-order valence-corrected chi connectivity index (χ0v) is 10.2. The van der Waals surface area contributed by atoms with Crippen molar-refractivity contribution in [1.82, 2.24) is 15.8 Å². The number of hydrogen-bond donors (Lipinski definition) is 3. The number of hydrogen-bond acceptors (Lipinski definition) is 4. The molecule has 1 aliphatic carbocycles. The first-order valence-electron chi connectivity index (χ1n) is 6.43. The molecule has 4 atom stereocenters. The van der Waals surface area contributed by atoms with E-state index in [1.807, 2.05) is 13.1 Å². The van der Waals surface area contributed by atoms with Crippen LogP contribution in [0.25, 0.3) is 0 Å². The quantitative estimate of drug-likeness (QED) is 0.677. The van der Waals surface area contributed by atoms with Gasteiger partial charge in [-0.15, -0.1) is 0 Å². The Kier molecular flexibility index (Phi) is 2.86. The molecule has 1 saturated heterocycles. The van der Waals surface area contributed by atoms with E-state index in [2.05, 4.69) is 28.0 Å². The molecule has 1 aromatic heterocycles. The van der Waals surface area contributed by atoms with Gasteiger partial charge >= 0.3 is 0 Å². The molecule has 4 N–H and O–H groups in total. The smallest absolute Gasteiger partial charge is 0.0507 e. The van der Waals surface area contributed by atoms with E-state index in [1.165, 1.54) is 12.0 Å². The molecule has 0 spiro atoms. The van der Waals surface area contributed by atoms with Crippen LogP contribution in [0.3, 0.4) is 0 Å². The third kappa shape index (κ3) is 2.08. The maximum absolute atomic E-state index is 6.09. The minimum absolute atomic E-state index is 0.364. The number of fused-ring (bicyclic) bond motifs is 1. The number of aryl methyl sites for hydroxylation is 1.